The summed E-state index contributed by atoms with van der Waals surface area (Å²) in [6.45, 7) is 5.72. The fraction of sp³-hybridized carbons (Fsp3) is 0.368. The lowest BCUT2D eigenvalue weighted by Crippen LogP contribution is -2.43. The van der Waals surface area contributed by atoms with Crippen molar-refractivity contribution in [1.82, 2.24) is 15.2 Å². The molecule has 0 radical (unpaired) electrons. The Bertz CT molecular complexity index is 669. The zero-order chi connectivity index (χ0) is 16.8. The van der Waals surface area contributed by atoms with Crippen LogP contribution in [0.1, 0.15) is 27.5 Å². The molecule has 5 heteroatoms. The van der Waals surface area contributed by atoms with Gasteiger partial charge in [0, 0.05) is 37.6 Å². The van der Waals surface area contributed by atoms with Crippen molar-refractivity contribution in [3.05, 3.63) is 65.5 Å². The SMILES string of the molecule is Cc1ccccc1C(=O)NCC(c1ccncc1)N1CCOCC1. The third kappa shape index (κ3) is 3.99. The van der Waals surface area contributed by atoms with Gasteiger partial charge in [0.1, 0.15) is 0 Å². The molecule has 1 aromatic carbocycles. The highest BCUT2D eigenvalue weighted by Gasteiger charge is 2.23. The number of rotatable bonds is 5. The fourth-order valence-corrected chi connectivity index (χ4v) is 3.04. The maximum absolute atomic E-state index is 12.5. The first-order valence-electron chi connectivity index (χ1n) is 8.31. The average Bonchev–Trinajstić information content (AvgIpc) is 2.64. The third-order valence-electron chi connectivity index (χ3n) is 4.42. The van der Waals surface area contributed by atoms with E-state index in [1.54, 1.807) is 12.4 Å². The number of amides is 1. The smallest absolute Gasteiger partial charge is 0.251 e. The van der Waals surface area contributed by atoms with Crippen molar-refractivity contribution in [3.63, 3.8) is 0 Å². The Morgan fingerprint density at radius 1 is 1.21 bits per heavy atom. The van der Waals surface area contributed by atoms with Gasteiger partial charge in [0.05, 0.1) is 19.3 Å². The van der Waals surface area contributed by atoms with Crippen molar-refractivity contribution in [3.8, 4) is 0 Å². The standard InChI is InChI=1S/C19H23N3O2/c1-15-4-2-3-5-17(15)19(23)21-14-18(16-6-8-20-9-7-16)22-10-12-24-13-11-22/h2-9,18H,10-14H2,1H3,(H,21,23). The molecule has 1 saturated heterocycles. The summed E-state index contributed by atoms with van der Waals surface area (Å²) in [5, 5.41) is 3.09. The molecule has 1 N–H and O–H groups in total. The second-order valence-electron chi connectivity index (χ2n) is 5.97. The van der Waals surface area contributed by atoms with Crippen molar-refractivity contribution in [1.29, 1.82) is 0 Å². The number of aryl methyl sites for hydroxylation is 1. The summed E-state index contributed by atoms with van der Waals surface area (Å²) in [6, 6.07) is 11.8. The van der Waals surface area contributed by atoms with E-state index in [-0.39, 0.29) is 11.9 Å². The summed E-state index contributed by atoms with van der Waals surface area (Å²) < 4.78 is 5.46. The van der Waals surface area contributed by atoms with Crippen LogP contribution in [0.4, 0.5) is 0 Å². The largest absolute Gasteiger partial charge is 0.379 e. The summed E-state index contributed by atoms with van der Waals surface area (Å²) in [5.74, 6) is -0.0274. The molecule has 1 aromatic heterocycles. The van der Waals surface area contributed by atoms with E-state index < -0.39 is 0 Å². The van der Waals surface area contributed by atoms with E-state index in [0.717, 1.165) is 43.0 Å². The van der Waals surface area contributed by atoms with Crippen LogP contribution in [0.2, 0.25) is 0 Å². The molecule has 24 heavy (non-hydrogen) atoms. The summed E-state index contributed by atoms with van der Waals surface area (Å²) >= 11 is 0. The lowest BCUT2D eigenvalue weighted by molar-refractivity contribution is 0.0162. The first kappa shape index (κ1) is 16.6. The van der Waals surface area contributed by atoms with E-state index >= 15 is 0 Å². The molecule has 0 spiro atoms. The lowest BCUT2D eigenvalue weighted by Gasteiger charge is -2.34. The molecule has 1 atom stereocenters. The van der Waals surface area contributed by atoms with Crippen LogP contribution < -0.4 is 5.32 Å². The van der Waals surface area contributed by atoms with Crippen LogP contribution in [-0.4, -0.2) is 48.6 Å². The molecular formula is C19H23N3O2. The van der Waals surface area contributed by atoms with Gasteiger partial charge in [-0.2, -0.15) is 0 Å². The zero-order valence-electron chi connectivity index (χ0n) is 13.9. The molecule has 0 aliphatic carbocycles. The molecule has 1 fully saturated rings. The highest BCUT2D eigenvalue weighted by molar-refractivity contribution is 5.95. The number of aromatic nitrogens is 1. The molecule has 1 amide bonds. The Balaban J connectivity index is 1.72. The van der Waals surface area contributed by atoms with Gasteiger partial charge in [0.15, 0.2) is 0 Å². The summed E-state index contributed by atoms with van der Waals surface area (Å²) in [4.78, 5) is 19.0. The molecule has 3 rings (SSSR count). The summed E-state index contributed by atoms with van der Waals surface area (Å²) in [6.07, 6.45) is 3.60. The quantitative estimate of drug-likeness (QED) is 0.916. The lowest BCUT2D eigenvalue weighted by atomic mass is 10.0. The Kier molecular flexibility index (Phi) is 5.56. The maximum Gasteiger partial charge on any atom is 0.251 e. The van der Waals surface area contributed by atoms with Gasteiger partial charge in [0.25, 0.3) is 5.91 Å². The minimum absolute atomic E-state index is 0.0274. The molecule has 0 saturated carbocycles. The Hall–Kier alpha value is -2.24. The van der Waals surface area contributed by atoms with Gasteiger partial charge >= 0.3 is 0 Å². The number of hydrogen-bond acceptors (Lipinski definition) is 4. The van der Waals surface area contributed by atoms with Crippen molar-refractivity contribution < 1.29 is 9.53 Å². The van der Waals surface area contributed by atoms with Gasteiger partial charge in [-0.15, -0.1) is 0 Å². The van der Waals surface area contributed by atoms with Gasteiger partial charge in [0.2, 0.25) is 0 Å². The van der Waals surface area contributed by atoms with Gasteiger partial charge < -0.3 is 10.1 Å². The monoisotopic (exact) mass is 325 g/mol. The van der Waals surface area contributed by atoms with Gasteiger partial charge in [-0.1, -0.05) is 18.2 Å². The first-order valence-corrected chi connectivity index (χ1v) is 8.31. The molecular weight excluding hydrogens is 302 g/mol. The summed E-state index contributed by atoms with van der Waals surface area (Å²) in [7, 11) is 0. The van der Waals surface area contributed by atoms with Crippen LogP contribution in [0.25, 0.3) is 0 Å². The van der Waals surface area contributed by atoms with Crippen molar-refractivity contribution in [2.45, 2.75) is 13.0 Å². The minimum atomic E-state index is -0.0274. The second kappa shape index (κ2) is 8.04. The highest BCUT2D eigenvalue weighted by Crippen LogP contribution is 2.21. The first-order chi connectivity index (χ1) is 11.8. The number of carbonyl (C=O) groups is 1. The predicted molar refractivity (Wildman–Crippen MR) is 92.9 cm³/mol. The van der Waals surface area contributed by atoms with Gasteiger partial charge in [-0.05, 0) is 36.2 Å². The predicted octanol–water partition coefficient (Wildman–Crippen LogP) is 2.19. The van der Waals surface area contributed by atoms with Crippen LogP contribution in [0.3, 0.4) is 0 Å². The van der Waals surface area contributed by atoms with Crippen LogP contribution in [0.5, 0.6) is 0 Å². The molecule has 126 valence electrons. The second-order valence-corrected chi connectivity index (χ2v) is 5.97. The number of nitrogens with zero attached hydrogens (tertiary/aromatic N) is 2. The molecule has 2 heterocycles. The van der Waals surface area contributed by atoms with Gasteiger partial charge in [-0.3, -0.25) is 14.7 Å². The summed E-state index contributed by atoms with van der Waals surface area (Å²) in [5.41, 5.74) is 2.88. The molecule has 5 nitrogen and oxygen atoms in total. The maximum atomic E-state index is 12.5. The van der Waals surface area contributed by atoms with Crippen LogP contribution >= 0.6 is 0 Å². The van der Waals surface area contributed by atoms with Crippen molar-refractivity contribution in [2.75, 3.05) is 32.8 Å². The van der Waals surface area contributed by atoms with Crippen LogP contribution in [-0.2, 0) is 4.74 Å². The number of morpholine rings is 1. The van der Waals surface area contributed by atoms with E-state index in [1.807, 2.05) is 43.3 Å². The Morgan fingerprint density at radius 3 is 2.62 bits per heavy atom. The van der Waals surface area contributed by atoms with E-state index in [0.29, 0.717) is 6.54 Å². The van der Waals surface area contributed by atoms with Crippen LogP contribution in [0.15, 0.2) is 48.8 Å². The molecule has 1 aliphatic rings. The minimum Gasteiger partial charge on any atom is -0.379 e. The molecule has 0 bridgehead atoms. The number of hydrogen-bond donors (Lipinski definition) is 1. The number of pyridine rings is 1. The van der Waals surface area contributed by atoms with Crippen LogP contribution in [0, 0.1) is 6.92 Å². The van der Waals surface area contributed by atoms with E-state index in [4.69, 9.17) is 4.74 Å². The normalized spacial score (nSPS) is 16.5. The zero-order valence-corrected chi connectivity index (χ0v) is 13.9. The molecule has 1 unspecified atom stereocenters. The Labute approximate surface area is 142 Å². The number of carbonyl (C=O) groups excluding carboxylic acids is 1. The van der Waals surface area contributed by atoms with Gasteiger partial charge in [-0.25, -0.2) is 0 Å². The van der Waals surface area contributed by atoms with E-state index in [9.17, 15) is 4.79 Å². The topological polar surface area (TPSA) is 54.5 Å². The highest BCUT2D eigenvalue weighted by atomic mass is 16.5. The molecule has 2 aromatic rings. The van der Waals surface area contributed by atoms with E-state index in [1.165, 1.54) is 0 Å². The number of benzene rings is 1. The number of ether oxygens (including phenoxy) is 1. The van der Waals surface area contributed by atoms with E-state index in [2.05, 4.69) is 15.2 Å². The third-order valence-corrected chi connectivity index (χ3v) is 4.42. The molecule has 1 aliphatic heterocycles. The average molecular weight is 325 g/mol. The van der Waals surface area contributed by atoms with Crippen molar-refractivity contribution >= 4 is 5.91 Å². The fourth-order valence-electron chi connectivity index (χ4n) is 3.04. The van der Waals surface area contributed by atoms with Crippen molar-refractivity contribution in [2.24, 2.45) is 0 Å². The Morgan fingerprint density at radius 2 is 1.92 bits per heavy atom. The number of nitrogens with one attached hydrogen (secondary N) is 1.